The molecule has 154 valence electrons. The summed E-state index contributed by atoms with van der Waals surface area (Å²) in [4.78, 5) is 14.2. The summed E-state index contributed by atoms with van der Waals surface area (Å²) in [6.07, 6.45) is -0.0725. The maximum Gasteiger partial charge on any atom is 0.304 e. The van der Waals surface area contributed by atoms with E-state index in [-0.39, 0.29) is 18.3 Å². The Hall–Kier alpha value is -3.34. The van der Waals surface area contributed by atoms with Crippen LogP contribution < -0.4 is 9.64 Å². The molecule has 2 atom stereocenters. The summed E-state index contributed by atoms with van der Waals surface area (Å²) in [6, 6.07) is 19.8. The number of ether oxygens (including phenoxy) is 1. The number of aliphatic carboxylic acids is 1. The van der Waals surface area contributed by atoms with E-state index in [9.17, 15) is 14.3 Å². The third kappa shape index (κ3) is 3.02. The molecule has 0 spiro atoms. The molecule has 5 heteroatoms. The van der Waals surface area contributed by atoms with E-state index in [1.807, 2.05) is 56.3 Å². The van der Waals surface area contributed by atoms with E-state index >= 15 is 0 Å². The van der Waals surface area contributed by atoms with Crippen LogP contribution in [0.3, 0.4) is 0 Å². The molecule has 3 aromatic carbocycles. The van der Waals surface area contributed by atoms with Gasteiger partial charge in [0.1, 0.15) is 11.6 Å². The number of anilines is 2. The number of benzene rings is 3. The minimum Gasteiger partial charge on any atom is -0.497 e. The molecule has 0 aliphatic carbocycles. The molecule has 1 aliphatic rings. The maximum atomic E-state index is 13.6. The zero-order valence-electron chi connectivity index (χ0n) is 17.2. The van der Waals surface area contributed by atoms with E-state index in [2.05, 4.69) is 4.90 Å². The number of nitrogens with zero attached hydrogens (tertiary/aromatic N) is 1. The lowest BCUT2D eigenvalue weighted by atomic mass is 9.68. The Balaban J connectivity index is 2.04. The molecule has 0 saturated heterocycles. The number of halogens is 1. The molecule has 3 aromatic rings. The van der Waals surface area contributed by atoms with E-state index < -0.39 is 11.4 Å². The molecule has 0 bridgehead atoms. The first kappa shape index (κ1) is 20.0. The van der Waals surface area contributed by atoms with Gasteiger partial charge in [-0.2, -0.15) is 0 Å². The summed E-state index contributed by atoms with van der Waals surface area (Å²) in [5.74, 6) is -0.513. The van der Waals surface area contributed by atoms with Gasteiger partial charge in [0.25, 0.3) is 0 Å². The number of methoxy groups -OCH3 is 1. The Morgan fingerprint density at radius 1 is 1.10 bits per heavy atom. The van der Waals surface area contributed by atoms with Crippen molar-refractivity contribution < 1.29 is 19.0 Å². The van der Waals surface area contributed by atoms with Crippen LogP contribution in [0.5, 0.6) is 5.75 Å². The highest BCUT2D eigenvalue weighted by atomic mass is 19.1. The molecule has 1 aliphatic heterocycles. The van der Waals surface area contributed by atoms with Gasteiger partial charge in [0, 0.05) is 17.4 Å². The van der Waals surface area contributed by atoms with Gasteiger partial charge in [-0.1, -0.05) is 24.3 Å². The summed E-state index contributed by atoms with van der Waals surface area (Å²) in [6.45, 7) is 4.04. The second-order valence-electron chi connectivity index (χ2n) is 7.76. The summed E-state index contributed by atoms with van der Waals surface area (Å²) in [7, 11) is 1.60. The highest BCUT2D eigenvalue weighted by molar-refractivity contribution is 5.81. The maximum absolute atomic E-state index is 13.6. The van der Waals surface area contributed by atoms with Gasteiger partial charge in [-0.25, -0.2) is 4.39 Å². The Morgan fingerprint density at radius 3 is 2.43 bits per heavy atom. The van der Waals surface area contributed by atoms with Crippen molar-refractivity contribution in [2.45, 2.75) is 31.7 Å². The molecule has 1 heterocycles. The Kier molecular flexibility index (Phi) is 4.98. The first-order valence-corrected chi connectivity index (χ1v) is 9.89. The summed E-state index contributed by atoms with van der Waals surface area (Å²) < 4.78 is 19.1. The second kappa shape index (κ2) is 7.48. The SMILES string of the molecule is COc1ccc2c(c1)C(CC(=O)O)(c1ccccc1C)C(C)N2c1ccc(F)cc1. The number of aryl methyl sites for hydroxylation is 1. The number of carboxylic acids is 1. The predicted molar refractivity (Wildman–Crippen MR) is 115 cm³/mol. The monoisotopic (exact) mass is 405 g/mol. The van der Waals surface area contributed by atoms with Crippen LogP contribution in [-0.4, -0.2) is 24.2 Å². The number of hydrogen-bond donors (Lipinski definition) is 1. The van der Waals surface area contributed by atoms with Crippen molar-refractivity contribution >= 4 is 17.3 Å². The first-order chi connectivity index (χ1) is 14.4. The average molecular weight is 405 g/mol. The minimum atomic E-state index is -0.875. The number of fused-ring (bicyclic) bond motifs is 1. The van der Waals surface area contributed by atoms with E-state index in [0.29, 0.717) is 5.75 Å². The Morgan fingerprint density at radius 2 is 1.80 bits per heavy atom. The first-order valence-electron chi connectivity index (χ1n) is 9.89. The molecule has 4 nitrogen and oxygen atoms in total. The molecule has 2 unspecified atom stereocenters. The van der Waals surface area contributed by atoms with Crippen molar-refractivity contribution in [3.8, 4) is 5.75 Å². The van der Waals surface area contributed by atoms with Crippen LogP contribution in [0, 0.1) is 12.7 Å². The second-order valence-corrected chi connectivity index (χ2v) is 7.76. The molecule has 0 fully saturated rings. The molecular formula is C25H24FNO3. The van der Waals surface area contributed by atoms with Gasteiger partial charge in [0.05, 0.1) is 18.9 Å². The van der Waals surface area contributed by atoms with Gasteiger partial charge < -0.3 is 14.7 Å². The van der Waals surface area contributed by atoms with Crippen LogP contribution >= 0.6 is 0 Å². The molecular weight excluding hydrogens is 381 g/mol. The van der Waals surface area contributed by atoms with E-state index in [1.54, 1.807) is 19.2 Å². The van der Waals surface area contributed by atoms with Gasteiger partial charge >= 0.3 is 5.97 Å². The fraction of sp³-hybridized carbons (Fsp3) is 0.240. The molecule has 30 heavy (non-hydrogen) atoms. The lowest BCUT2D eigenvalue weighted by Gasteiger charge is -2.38. The van der Waals surface area contributed by atoms with E-state index in [0.717, 1.165) is 28.1 Å². The van der Waals surface area contributed by atoms with Crippen LogP contribution in [0.2, 0.25) is 0 Å². The minimum absolute atomic E-state index is 0.0725. The van der Waals surface area contributed by atoms with Gasteiger partial charge in [-0.05, 0) is 73.0 Å². The highest BCUT2D eigenvalue weighted by Crippen LogP contribution is 2.55. The normalized spacial score (nSPS) is 20.1. The van der Waals surface area contributed by atoms with Crippen molar-refractivity contribution in [1.29, 1.82) is 0 Å². The molecule has 0 amide bonds. The third-order valence-electron chi connectivity index (χ3n) is 6.20. The average Bonchev–Trinajstić information content (AvgIpc) is 2.97. The summed E-state index contributed by atoms with van der Waals surface area (Å²) >= 11 is 0. The highest BCUT2D eigenvalue weighted by Gasteiger charge is 2.52. The van der Waals surface area contributed by atoms with Crippen molar-refractivity contribution in [2.24, 2.45) is 0 Å². The van der Waals surface area contributed by atoms with Crippen LogP contribution in [0.4, 0.5) is 15.8 Å². The fourth-order valence-electron chi connectivity index (χ4n) is 4.85. The lowest BCUT2D eigenvalue weighted by Crippen LogP contribution is -2.44. The zero-order valence-corrected chi connectivity index (χ0v) is 17.2. The van der Waals surface area contributed by atoms with Crippen LogP contribution in [0.1, 0.15) is 30.0 Å². The Labute approximate surface area is 175 Å². The molecule has 0 saturated carbocycles. The predicted octanol–water partition coefficient (Wildman–Crippen LogP) is 5.44. The van der Waals surface area contributed by atoms with Crippen molar-refractivity contribution in [1.82, 2.24) is 0 Å². The molecule has 1 N–H and O–H groups in total. The number of rotatable bonds is 5. The van der Waals surface area contributed by atoms with Crippen LogP contribution in [-0.2, 0) is 10.2 Å². The Bertz CT molecular complexity index is 1100. The van der Waals surface area contributed by atoms with Crippen molar-refractivity contribution in [3.63, 3.8) is 0 Å². The summed E-state index contributed by atoms with van der Waals surface area (Å²) in [5.41, 5.74) is 3.82. The van der Waals surface area contributed by atoms with E-state index in [1.165, 1.54) is 12.1 Å². The molecule has 0 radical (unpaired) electrons. The topological polar surface area (TPSA) is 49.8 Å². The zero-order chi connectivity index (χ0) is 21.5. The third-order valence-corrected chi connectivity index (χ3v) is 6.20. The van der Waals surface area contributed by atoms with Gasteiger partial charge in [-0.15, -0.1) is 0 Å². The number of carboxylic acid groups (broad SMARTS) is 1. The van der Waals surface area contributed by atoms with Crippen LogP contribution in [0.25, 0.3) is 0 Å². The smallest absolute Gasteiger partial charge is 0.304 e. The van der Waals surface area contributed by atoms with Gasteiger partial charge in [0.15, 0.2) is 0 Å². The largest absolute Gasteiger partial charge is 0.497 e. The van der Waals surface area contributed by atoms with Gasteiger partial charge in [-0.3, -0.25) is 4.79 Å². The summed E-state index contributed by atoms with van der Waals surface area (Å²) in [5, 5.41) is 9.96. The van der Waals surface area contributed by atoms with Gasteiger partial charge in [0.2, 0.25) is 0 Å². The van der Waals surface area contributed by atoms with Crippen LogP contribution in [0.15, 0.2) is 66.7 Å². The lowest BCUT2D eigenvalue weighted by molar-refractivity contribution is -0.138. The quantitative estimate of drug-likeness (QED) is 0.614. The number of carbonyl (C=O) groups is 1. The fourth-order valence-corrected chi connectivity index (χ4v) is 4.85. The molecule has 4 rings (SSSR count). The number of hydrogen-bond acceptors (Lipinski definition) is 3. The van der Waals surface area contributed by atoms with Crippen molar-refractivity contribution in [2.75, 3.05) is 12.0 Å². The van der Waals surface area contributed by atoms with Crippen molar-refractivity contribution in [3.05, 3.63) is 89.2 Å². The molecule has 0 aromatic heterocycles. The van der Waals surface area contributed by atoms with E-state index in [4.69, 9.17) is 4.74 Å². The standard InChI is InChI=1S/C25H24FNO3/c1-16-6-4-5-7-21(16)25(15-24(28)29)17(2)27(19-10-8-18(26)9-11-19)23-13-12-20(30-3)14-22(23)25/h4-14,17H,15H2,1-3H3,(H,28,29).